The molecule has 2 rings (SSSR count). The van der Waals surface area contributed by atoms with Crippen LogP contribution < -0.4 is 4.90 Å². The van der Waals surface area contributed by atoms with Crippen molar-refractivity contribution in [1.29, 1.82) is 0 Å². The first-order valence-electron chi connectivity index (χ1n) is 7.25. The maximum atomic E-state index is 13.7. The predicted molar refractivity (Wildman–Crippen MR) is 78.5 cm³/mol. The van der Waals surface area contributed by atoms with Crippen LogP contribution in [-0.2, 0) is 0 Å². The quantitative estimate of drug-likeness (QED) is 0.876. The van der Waals surface area contributed by atoms with E-state index in [0.29, 0.717) is 17.5 Å². The summed E-state index contributed by atoms with van der Waals surface area (Å²) in [5, 5.41) is 20.0. The summed E-state index contributed by atoms with van der Waals surface area (Å²) in [5.74, 6) is -0.286. The van der Waals surface area contributed by atoms with E-state index >= 15 is 0 Å². The van der Waals surface area contributed by atoms with Gasteiger partial charge in [0.05, 0.1) is 11.7 Å². The van der Waals surface area contributed by atoms with Crippen LogP contribution in [0.3, 0.4) is 0 Å². The van der Waals surface area contributed by atoms with Gasteiger partial charge in [-0.05, 0) is 57.7 Å². The molecule has 0 aromatic heterocycles. The summed E-state index contributed by atoms with van der Waals surface area (Å²) in [7, 11) is 0. The first-order chi connectivity index (χ1) is 9.30. The molecule has 0 spiro atoms. The fourth-order valence-corrected chi connectivity index (χ4v) is 2.79. The Hall–Kier alpha value is -1.13. The summed E-state index contributed by atoms with van der Waals surface area (Å²) in [4.78, 5) is 2.15. The molecule has 2 atom stereocenters. The predicted octanol–water partition coefficient (Wildman–Crippen LogP) is 2.93. The molecule has 112 valence electrons. The number of rotatable bonds is 2. The van der Waals surface area contributed by atoms with E-state index in [1.807, 2.05) is 6.92 Å². The van der Waals surface area contributed by atoms with Crippen molar-refractivity contribution in [3.05, 3.63) is 29.1 Å². The third-order valence-corrected chi connectivity index (χ3v) is 4.16. The molecule has 3 nitrogen and oxygen atoms in total. The summed E-state index contributed by atoms with van der Waals surface area (Å²) >= 11 is 0. The first-order valence-corrected chi connectivity index (χ1v) is 7.25. The highest BCUT2D eigenvalue weighted by Gasteiger charge is 2.26. The van der Waals surface area contributed by atoms with Crippen LogP contribution in [0, 0.1) is 12.7 Å². The largest absolute Gasteiger partial charge is 0.390 e. The van der Waals surface area contributed by atoms with Gasteiger partial charge in [-0.15, -0.1) is 0 Å². The lowest BCUT2D eigenvalue weighted by atomic mass is 9.98. The number of anilines is 1. The van der Waals surface area contributed by atoms with Gasteiger partial charge in [0.25, 0.3) is 0 Å². The lowest BCUT2D eigenvalue weighted by molar-refractivity contribution is 0.0481. The van der Waals surface area contributed by atoms with Gasteiger partial charge in [-0.1, -0.05) is 0 Å². The summed E-state index contributed by atoms with van der Waals surface area (Å²) in [6.45, 7) is 6.79. The van der Waals surface area contributed by atoms with Crippen LogP contribution in [0.2, 0.25) is 0 Å². The highest BCUT2D eigenvalue weighted by Crippen LogP contribution is 2.32. The van der Waals surface area contributed by atoms with Crippen LogP contribution in [0.25, 0.3) is 0 Å². The van der Waals surface area contributed by atoms with Gasteiger partial charge in [0, 0.05) is 24.3 Å². The maximum absolute atomic E-state index is 13.7. The van der Waals surface area contributed by atoms with Gasteiger partial charge in [-0.2, -0.15) is 0 Å². The van der Waals surface area contributed by atoms with Gasteiger partial charge in [-0.25, -0.2) is 4.39 Å². The van der Waals surface area contributed by atoms with E-state index in [2.05, 4.69) is 4.90 Å². The van der Waals surface area contributed by atoms with E-state index in [9.17, 15) is 14.6 Å². The highest BCUT2D eigenvalue weighted by atomic mass is 19.1. The van der Waals surface area contributed by atoms with Crippen molar-refractivity contribution < 1.29 is 14.6 Å². The normalized spacial score (nSPS) is 25.4. The second-order valence-corrected chi connectivity index (χ2v) is 6.17. The third-order valence-electron chi connectivity index (χ3n) is 4.16. The van der Waals surface area contributed by atoms with Crippen molar-refractivity contribution >= 4 is 5.69 Å². The lowest BCUT2D eigenvalue weighted by Gasteiger charge is -2.28. The summed E-state index contributed by atoms with van der Waals surface area (Å²) in [6, 6.07) is 3.23. The monoisotopic (exact) mass is 281 g/mol. The molecule has 20 heavy (non-hydrogen) atoms. The number of aliphatic hydroxyl groups excluding tert-OH is 1. The van der Waals surface area contributed by atoms with Gasteiger partial charge in [-0.3, -0.25) is 0 Å². The molecule has 1 unspecified atom stereocenters. The molecule has 0 amide bonds. The number of hydrogen-bond acceptors (Lipinski definition) is 3. The van der Waals surface area contributed by atoms with Gasteiger partial charge >= 0.3 is 0 Å². The Morgan fingerprint density at radius 3 is 2.65 bits per heavy atom. The SMILES string of the molecule is Cc1cc(N2CCCC(C)(O)CC2)c([C@@H](C)O)cc1F. The molecule has 4 heteroatoms. The molecular weight excluding hydrogens is 257 g/mol. The molecule has 1 heterocycles. The molecule has 0 aliphatic carbocycles. The first kappa shape index (κ1) is 15.3. The Kier molecular flexibility index (Phi) is 4.35. The lowest BCUT2D eigenvalue weighted by Crippen LogP contribution is -2.29. The van der Waals surface area contributed by atoms with E-state index in [0.717, 1.165) is 31.6 Å². The average Bonchev–Trinajstić information content (AvgIpc) is 2.53. The Morgan fingerprint density at radius 2 is 2.00 bits per heavy atom. The number of hydrogen-bond donors (Lipinski definition) is 2. The van der Waals surface area contributed by atoms with Gasteiger partial charge in [0.2, 0.25) is 0 Å². The molecule has 0 bridgehead atoms. The van der Waals surface area contributed by atoms with Crippen molar-refractivity contribution in [2.45, 2.75) is 51.7 Å². The summed E-state index contributed by atoms with van der Waals surface area (Å²) in [6.07, 6.45) is 1.64. The van der Waals surface area contributed by atoms with Crippen LogP contribution in [0.1, 0.15) is 50.3 Å². The van der Waals surface area contributed by atoms with Crippen molar-refractivity contribution in [2.24, 2.45) is 0 Å². The van der Waals surface area contributed by atoms with Crippen LogP contribution >= 0.6 is 0 Å². The minimum absolute atomic E-state index is 0.286. The fourth-order valence-electron chi connectivity index (χ4n) is 2.79. The minimum atomic E-state index is -0.705. The smallest absolute Gasteiger partial charge is 0.126 e. The van der Waals surface area contributed by atoms with E-state index in [4.69, 9.17) is 0 Å². The number of nitrogens with zero attached hydrogens (tertiary/aromatic N) is 1. The Labute approximate surface area is 120 Å². The molecule has 0 saturated carbocycles. The molecule has 1 fully saturated rings. The third kappa shape index (κ3) is 3.30. The van der Waals surface area contributed by atoms with Gasteiger partial charge in [0.1, 0.15) is 5.82 Å². The minimum Gasteiger partial charge on any atom is -0.390 e. The van der Waals surface area contributed by atoms with E-state index in [-0.39, 0.29) is 5.82 Å². The second-order valence-electron chi connectivity index (χ2n) is 6.17. The molecule has 1 aliphatic rings. The van der Waals surface area contributed by atoms with Crippen molar-refractivity contribution in [3.8, 4) is 0 Å². The maximum Gasteiger partial charge on any atom is 0.126 e. The van der Waals surface area contributed by atoms with Crippen molar-refractivity contribution in [3.63, 3.8) is 0 Å². The average molecular weight is 281 g/mol. The fraction of sp³-hybridized carbons (Fsp3) is 0.625. The zero-order chi connectivity index (χ0) is 14.9. The number of aryl methyl sites for hydroxylation is 1. The molecule has 1 aliphatic heterocycles. The molecule has 1 aromatic carbocycles. The van der Waals surface area contributed by atoms with Crippen LogP contribution in [-0.4, -0.2) is 28.9 Å². The summed E-state index contributed by atoms with van der Waals surface area (Å²) < 4.78 is 13.7. The Morgan fingerprint density at radius 1 is 1.30 bits per heavy atom. The van der Waals surface area contributed by atoms with Crippen LogP contribution in [0.5, 0.6) is 0 Å². The van der Waals surface area contributed by atoms with Crippen molar-refractivity contribution in [2.75, 3.05) is 18.0 Å². The Balaban J connectivity index is 2.34. The van der Waals surface area contributed by atoms with Crippen LogP contribution in [0.4, 0.5) is 10.1 Å². The molecule has 1 aromatic rings. The zero-order valence-corrected chi connectivity index (χ0v) is 12.5. The van der Waals surface area contributed by atoms with E-state index < -0.39 is 11.7 Å². The van der Waals surface area contributed by atoms with Crippen LogP contribution in [0.15, 0.2) is 12.1 Å². The zero-order valence-electron chi connectivity index (χ0n) is 12.5. The second kappa shape index (κ2) is 5.70. The topological polar surface area (TPSA) is 43.7 Å². The van der Waals surface area contributed by atoms with Gasteiger partial charge in [0.15, 0.2) is 0 Å². The number of halogens is 1. The summed E-state index contributed by atoms with van der Waals surface area (Å²) in [5.41, 5.74) is 1.46. The standard InChI is InChI=1S/C16H24FNO2/c1-11-9-15(13(12(2)19)10-14(11)17)18-7-4-5-16(3,20)6-8-18/h9-10,12,19-20H,4-8H2,1-3H3/t12-,16?/m1/s1. The highest BCUT2D eigenvalue weighted by molar-refractivity contribution is 5.57. The number of aliphatic hydroxyl groups is 2. The van der Waals surface area contributed by atoms with E-state index in [1.54, 1.807) is 19.9 Å². The molecular formula is C16H24FNO2. The number of benzene rings is 1. The van der Waals surface area contributed by atoms with Gasteiger partial charge < -0.3 is 15.1 Å². The molecule has 1 saturated heterocycles. The Bertz CT molecular complexity index is 486. The molecule has 2 N–H and O–H groups in total. The van der Waals surface area contributed by atoms with E-state index in [1.165, 1.54) is 6.07 Å². The molecule has 0 radical (unpaired) electrons. The van der Waals surface area contributed by atoms with Crippen molar-refractivity contribution in [1.82, 2.24) is 0 Å².